The maximum atomic E-state index is 13.0. The van der Waals surface area contributed by atoms with E-state index < -0.39 is 5.91 Å². The topological polar surface area (TPSA) is 75.9 Å². The summed E-state index contributed by atoms with van der Waals surface area (Å²) in [7, 11) is 1.55. The Bertz CT molecular complexity index is 1020. The first-order valence-corrected chi connectivity index (χ1v) is 9.22. The molecule has 3 aromatic rings. The highest BCUT2D eigenvalue weighted by molar-refractivity contribution is 6.06. The number of rotatable bonds is 6. The molecular formula is C21H24N4O3. The number of methoxy groups -OCH3 is 1. The predicted octanol–water partition coefficient (Wildman–Crippen LogP) is 3.39. The van der Waals surface area contributed by atoms with E-state index in [-0.39, 0.29) is 17.4 Å². The second kappa shape index (κ2) is 8.12. The minimum Gasteiger partial charge on any atom is -0.495 e. The van der Waals surface area contributed by atoms with Crippen LogP contribution < -0.4 is 10.1 Å². The first-order chi connectivity index (χ1) is 13.5. The Balaban J connectivity index is 2.03. The molecule has 3 rings (SSSR count). The molecular weight excluding hydrogens is 356 g/mol. The molecule has 0 saturated heterocycles. The highest BCUT2D eigenvalue weighted by Gasteiger charge is 2.24. The van der Waals surface area contributed by atoms with Crippen molar-refractivity contribution < 1.29 is 14.3 Å². The number of benzene rings is 1. The second-order valence-corrected chi connectivity index (χ2v) is 6.38. The molecule has 28 heavy (non-hydrogen) atoms. The van der Waals surface area contributed by atoms with Gasteiger partial charge < -0.3 is 15.0 Å². The van der Waals surface area contributed by atoms with Gasteiger partial charge in [-0.2, -0.15) is 0 Å². The zero-order valence-electron chi connectivity index (χ0n) is 16.5. The summed E-state index contributed by atoms with van der Waals surface area (Å²) in [5.74, 6) is 0.0958. The van der Waals surface area contributed by atoms with Gasteiger partial charge in [-0.3, -0.25) is 14.0 Å². The van der Waals surface area contributed by atoms with Gasteiger partial charge in [0.25, 0.3) is 11.8 Å². The summed E-state index contributed by atoms with van der Waals surface area (Å²) in [4.78, 5) is 31.9. The Labute approximate surface area is 163 Å². The summed E-state index contributed by atoms with van der Waals surface area (Å²) in [5, 5.41) is 2.85. The van der Waals surface area contributed by atoms with Crippen molar-refractivity contribution in [2.45, 2.75) is 20.8 Å². The molecule has 2 heterocycles. The summed E-state index contributed by atoms with van der Waals surface area (Å²) < 4.78 is 6.96. The van der Waals surface area contributed by atoms with Gasteiger partial charge >= 0.3 is 0 Å². The fraction of sp³-hybridized carbons (Fsp3) is 0.286. The summed E-state index contributed by atoms with van der Waals surface area (Å²) >= 11 is 0. The molecule has 2 amide bonds. The van der Waals surface area contributed by atoms with Crippen LogP contribution in [0.1, 0.15) is 40.5 Å². The molecule has 0 radical (unpaired) electrons. The first kappa shape index (κ1) is 19.4. The highest BCUT2D eigenvalue weighted by Crippen LogP contribution is 2.26. The molecule has 1 aromatic carbocycles. The molecule has 146 valence electrons. The van der Waals surface area contributed by atoms with Crippen LogP contribution >= 0.6 is 0 Å². The monoisotopic (exact) mass is 380 g/mol. The van der Waals surface area contributed by atoms with Gasteiger partial charge in [-0.05, 0) is 50.6 Å². The summed E-state index contributed by atoms with van der Waals surface area (Å²) in [5.41, 5.74) is 2.41. The van der Waals surface area contributed by atoms with E-state index in [0.717, 1.165) is 5.56 Å². The van der Waals surface area contributed by atoms with Gasteiger partial charge in [0, 0.05) is 19.3 Å². The predicted molar refractivity (Wildman–Crippen MR) is 108 cm³/mol. The molecule has 0 bridgehead atoms. The number of ether oxygens (including phenoxy) is 1. The maximum absolute atomic E-state index is 13.0. The standard InChI is InChI=1S/C21H24N4O3/c1-5-24(6-2)21(27)18-16-9-7-8-12-25(16)19(23-18)20(26)22-15-13-14(3)10-11-17(15)28-4/h7-13H,5-6H2,1-4H3,(H,22,26). The fourth-order valence-electron chi connectivity index (χ4n) is 3.11. The average molecular weight is 380 g/mol. The van der Waals surface area contributed by atoms with Gasteiger partial charge in [0.2, 0.25) is 5.82 Å². The number of aryl methyl sites for hydroxylation is 1. The van der Waals surface area contributed by atoms with Crippen molar-refractivity contribution in [1.82, 2.24) is 14.3 Å². The molecule has 2 aromatic heterocycles. The van der Waals surface area contributed by atoms with E-state index in [2.05, 4.69) is 10.3 Å². The number of fused-ring (bicyclic) bond motifs is 1. The van der Waals surface area contributed by atoms with E-state index >= 15 is 0 Å². The molecule has 0 atom stereocenters. The van der Waals surface area contributed by atoms with Crippen molar-refractivity contribution >= 4 is 23.0 Å². The van der Waals surface area contributed by atoms with Gasteiger partial charge in [-0.1, -0.05) is 12.1 Å². The van der Waals surface area contributed by atoms with Gasteiger partial charge in [0.15, 0.2) is 5.69 Å². The molecule has 0 aliphatic carbocycles. The summed E-state index contributed by atoms with van der Waals surface area (Å²) in [6.07, 6.45) is 1.73. The van der Waals surface area contributed by atoms with Crippen LogP contribution in [0.5, 0.6) is 5.75 Å². The molecule has 0 unspecified atom stereocenters. The molecule has 0 fully saturated rings. The van der Waals surface area contributed by atoms with Crippen molar-refractivity contribution in [2.75, 3.05) is 25.5 Å². The van der Waals surface area contributed by atoms with Gasteiger partial charge in [0.05, 0.1) is 18.3 Å². The molecule has 0 saturated carbocycles. The number of nitrogens with zero attached hydrogens (tertiary/aromatic N) is 3. The van der Waals surface area contributed by atoms with Crippen LogP contribution in [-0.4, -0.2) is 46.3 Å². The zero-order chi connectivity index (χ0) is 20.3. The molecule has 7 nitrogen and oxygen atoms in total. The quantitative estimate of drug-likeness (QED) is 0.711. The Morgan fingerprint density at radius 1 is 1.18 bits per heavy atom. The Hall–Kier alpha value is -3.35. The Morgan fingerprint density at radius 2 is 1.93 bits per heavy atom. The van der Waals surface area contributed by atoms with Crippen molar-refractivity contribution in [2.24, 2.45) is 0 Å². The van der Waals surface area contributed by atoms with E-state index in [1.807, 2.05) is 39.0 Å². The second-order valence-electron chi connectivity index (χ2n) is 6.38. The van der Waals surface area contributed by atoms with Crippen LogP contribution in [0.3, 0.4) is 0 Å². The average Bonchev–Trinajstić information content (AvgIpc) is 3.09. The van der Waals surface area contributed by atoms with E-state index in [0.29, 0.717) is 30.0 Å². The lowest BCUT2D eigenvalue weighted by molar-refractivity contribution is 0.0769. The first-order valence-electron chi connectivity index (χ1n) is 9.22. The number of anilines is 1. The van der Waals surface area contributed by atoms with Crippen LogP contribution in [0.25, 0.3) is 5.52 Å². The lowest BCUT2D eigenvalue weighted by Crippen LogP contribution is -2.31. The Kier molecular flexibility index (Phi) is 5.63. The van der Waals surface area contributed by atoms with Crippen LogP contribution in [0.2, 0.25) is 0 Å². The number of aromatic nitrogens is 2. The number of carbonyl (C=O) groups excluding carboxylic acids is 2. The van der Waals surface area contributed by atoms with Crippen LogP contribution in [0.4, 0.5) is 5.69 Å². The molecule has 0 spiro atoms. The highest BCUT2D eigenvalue weighted by atomic mass is 16.5. The van der Waals surface area contributed by atoms with E-state index in [9.17, 15) is 9.59 Å². The van der Waals surface area contributed by atoms with Crippen LogP contribution in [-0.2, 0) is 0 Å². The number of carbonyl (C=O) groups is 2. The normalized spacial score (nSPS) is 10.7. The number of hydrogen-bond donors (Lipinski definition) is 1. The lowest BCUT2D eigenvalue weighted by Gasteiger charge is -2.17. The smallest absolute Gasteiger partial charge is 0.292 e. The third kappa shape index (κ3) is 3.55. The molecule has 1 N–H and O–H groups in total. The summed E-state index contributed by atoms with van der Waals surface area (Å²) in [6, 6.07) is 10.9. The number of nitrogens with one attached hydrogen (secondary N) is 1. The SMILES string of the molecule is CCN(CC)C(=O)c1nc(C(=O)Nc2cc(C)ccc2OC)n2ccccc12. The molecule has 7 heteroatoms. The third-order valence-corrected chi connectivity index (χ3v) is 4.61. The number of pyridine rings is 1. The van der Waals surface area contributed by atoms with E-state index in [1.165, 1.54) is 0 Å². The number of amides is 2. The Morgan fingerprint density at radius 3 is 2.61 bits per heavy atom. The minimum absolute atomic E-state index is 0.148. The van der Waals surface area contributed by atoms with Gasteiger partial charge in [-0.25, -0.2) is 4.98 Å². The fourth-order valence-corrected chi connectivity index (χ4v) is 3.11. The molecule has 0 aliphatic heterocycles. The molecule has 0 aliphatic rings. The summed E-state index contributed by atoms with van der Waals surface area (Å²) in [6.45, 7) is 6.90. The maximum Gasteiger partial charge on any atom is 0.292 e. The van der Waals surface area contributed by atoms with E-state index in [4.69, 9.17) is 4.74 Å². The van der Waals surface area contributed by atoms with Crippen molar-refractivity contribution in [3.63, 3.8) is 0 Å². The third-order valence-electron chi connectivity index (χ3n) is 4.61. The van der Waals surface area contributed by atoms with Crippen molar-refractivity contribution in [3.05, 3.63) is 59.7 Å². The van der Waals surface area contributed by atoms with Gasteiger partial charge in [0.1, 0.15) is 5.75 Å². The minimum atomic E-state index is -0.413. The van der Waals surface area contributed by atoms with Crippen molar-refractivity contribution in [1.29, 1.82) is 0 Å². The van der Waals surface area contributed by atoms with Crippen LogP contribution in [0, 0.1) is 6.92 Å². The van der Waals surface area contributed by atoms with E-state index in [1.54, 1.807) is 40.8 Å². The number of imidazole rings is 1. The largest absolute Gasteiger partial charge is 0.495 e. The van der Waals surface area contributed by atoms with Crippen molar-refractivity contribution in [3.8, 4) is 5.75 Å². The van der Waals surface area contributed by atoms with Crippen LogP contribution in [0.15, 0.2) is 42.6 Å². The zero-order valence-corrected chi connectivity index (χ0v) is 16.5. The number of hydrogen-bond acceptors (Lipinski definition) is 4. The van der Waals surface area contributed by atoms with Gasteiger partial charge in [-0.15, -0.1) is 0 Å². The lowest BCUT2D eigenvalue weighted by atomic mass is 10.2.